The summed E-state index contributed by atoms with van der Waals surface area (Å²) in [6.07, 6.45) is 17.6. The van der Waals surface area contributed by atoms with E-state index >= 15 is 0 Å². The average molecular weight is 427 g/mol. The third kappa shape index (κ3) is 3.42. The van der Waals surface area contributed by atoms with E-state index in [2.05, 4.69) is 53.7 Å². The zero-order valence-corrected chi connectivity index (χ0v) is 20.9. The highest BCUT2D eigenvalue weighted by Gasteiger charge is 2.66. The minimum absolute atomic E-state index is 0.0931. The molecule has 31 heavy (non-hydrogen) atoms. The van der Waals surface area contributed by atoms with Crippen LogP contribution in [0.4, 0.5) is 0 Å². The molecule has 1 N–H and O–H groups in total. The fourth-order valence-corrected chi connectivity index (χ4v) is 8.82. The van der Waals surface area contributed by atoms with E-state index in [1.54, 1.807) is 0 Å². The lowest BCUT2D eigenvalue weighted by atomic mass is 9.43. The van der Waals surface area contributed by atoms with Gasteiger partial charge in [-0.1, -0.05) is 59.8 Å². The van der Waals surface area contributed by atoms with Crippen molar-refractivity contribution in [3.63, 3.8) is 0 Å². The normalized spacial score (nSPS) is 46.6. The van der Waals surface area contributed by atoms with E-state index < -0.39 is 5.60 Å². The molecule has 0 radical (unpaired) electrons. The van der Waals surface area contributed by atoms with Gasteiger partial charge in [0.1, 0.15) is 5.60 Å². The molecule has 0 aromatic rings. The lowest BCUT2D eigenvalue weighted by Crippen LogP contribution is -2.64. The molecule has 0 saturated heterocycles. The van der Waals surface area contributed by atoms with Crippen LogP contribution in [-0.4, -0.2) is 16.5 Å². The summed E-state index contributed by atoms with van der Waals surface area (Å²) >= 11 is 0. The van der Waals surface area contributed by atoms with Crippen LogP contribution in [0.3, 0.4) is 0 Å². The molecule has 2 nitrogen and oxygen atoms in total. The van der Waals surface area contributed by atoms with Gasteiger partial charge in [0.05, 0.1) is 0 Å². The van der Waals surface area contributed by atoms with Crippen LogP contribution in [0.2, 0.25) is 0 Å². The van der Waals surface area contributed by atoms with Crippen molar-refractivity contribution in [1.29, 1.82) is 0 Å². The number of rotatable bonds is 5. The SMILES string of the molecule is CC[C@H](/C=C/[C@@H](C)[C@H]1CC[C@H]2[C@@H]3CC(=O)[C@]4(O)C=CCC[C@]4(C)[C@H]3CC[C@]12C)C(C)C. The molecule has 3 saturated carbocycles. The number of Topliss-reactive ketones (excluding diaryl/α,β-unsaturated/α-hetero) is 1. The summed E-state index contributed by atoms with van der Waals surface area (Å²) in [7, 11) is 0. The maximum atomic E-state index is 13.3. The van der Waals surface area contributed by atoms with E-state index in [4.69, 9.17) is 0 Å². The number of aliphatic hydroxyl groups is 1. The molecule has 174 valence electrons. The summed E-state index contributed by atoms with van der Waals surface area (Å²) in [5, 5.41) is 11.4. The van der Waals surface area contributed by atoms with Crippen molar-refractivity contribution in [1.82, 2.24) is 0 Å². The Morgan fingerprint density at radius 2 is 1.84 bits per heavy atom. The topological polar surface area (TPSA) is 37.3 Å². The van der Waals surface area contributed by atoms with Crippen molar-refractivity contribution in [2.75, 3.05) is 0 Å². The van der Waals surface area contributed by atoms with Crippen molar-refractivity contribution < 1.29 is 9.90 Å². The quantitative estimate of drug-likeness (QED) is 0.481. The highest BCUT2D eigenvalue weighted by molar-refractivity contribution is 5.91. The molecule has 4 aliphatic rings. The van der Waals surface area contributed by atoms with Crippen LogP contribution in [-0.2, 0) is 4.79 Å². The Bertz CT molecular complexity index is 750. The van der Waals surface area contributed by atoms with Gasteiger partial charge in [-0.25, -0.2) is 0 Å². The van der Waals surface area contributed by atoms with E-state index in [0.29, 0.717) is 53.3 Å². The summed E-state index contributed by atoms with van der Waals surface area (Å²) in [5.41, 5.74) is -1.17. The molecule has 0 amide bonds. The Kier molecular flexibility index (Phi) is 6.12. The van der Waals surface area contributed by atoms with Gasteiger partial charge in [0.25, 0.3) is 0 Å². The highest BCUT2D eigenvalue weighted by atomic mass is 16.3. The Hall–Kier alpha value is -0.890. The smallest absolute Gasteiger partial charge is 0.169 e. The molecule has 4 aliphatic carbocycles. The summed E-state index contributed by atoms with van der Waals surface area (Å²) in [4.78, 5) is 13.3. The Morgan fingerprint density at radius 1 is 1.10 bits per heavy atom. The maximum absolute atomic E-state index is 13.3. The van der Waals surface area contributed by atoms with Gasteiger partial charge in [0.15, 0.2) is 5.78 Å². The second-order valence-corrected chi connectivity index (χ2v) is 12.4. The molecule has 0 aromatic carbocycles. The van der Waals surface area contributed by atoms with Crippen molar-refractivity contribution in [3.05, 3.63) is 24.3 Å². The first-order chi connectivity index (χ1) is 14.6. The van der Waals surface area contributed by atoms with Crippen LogP contribution in [0.1, 0.15) is 92.9 Å². The highest BCUT2D eigenvalue weighted by Crippen LogP contribution is 2.67. The largest absolute Gasteiger partial charge is 0.377 e. The number of hydrogen-bond acceptors (Lipinski definition) is 2. The molecular weight excluding hydrogens is 380 g/mol. The minimum Gasteiger partial charge on any atom is -0.377 e. The van der Waals surface area contributed by atoms with Crippen LogP contribution < -0.4 is 0 Å². The fourth-order valence-electron chi connectivity index (χ4n) is 8.82. The average Bonchev–Trinajstić information content (AvgIpc) is 3.07. The first kappa shape index (κ1) is 23.3. The fraction of sp³-hybridized carbons (Fsp3) is 0.828. The first-order valence-electron chi connectivity index (χ1n) is 13.2. The molecule has 9 atom stereocenters. The lowest BCUT2D eigenvalue weighted by molar-refractivity contribution is -0.182. The van der Waals surface area contributed by atoms with Crippen LogP contribution in [0.5, 0.6) is 0 Å². The van der Waals surface area contributed by atoms with Gasteiger partial charge >= 0.3 is 0 Å². The Balaban J connectivity index is 1.57. The third-order valence-corrected chi connectivity index (χ3v) is 10.9. The molecule has 0 bridgehead atoms. The van der Waals surface area contributed by atoms with E-state index in [-0.39, 0.29) is 11.2 Å². The Morgan fingerprint density at radius 3 is 2.52 bits per heavy atom. The summed E-state index contributed by atoms with van der Waals surface area (Å²) in [5.74, 6) is 4.37. The minimum atomic E-state index is -1.22. The maximum Gasteiger partial charge on any atom is 0.169 e. The van der Waals surface area contributed by atoms with Gasteiger partial charge in [-0.2, -0.15) is 0 Å². The van der Waals surface area contributed by atoms with Gasteiger partial charge in [-0.05, 0) is 97.9 Å². The molecule has 0 aromatic heterocycles. The predicted molar refractivity (Wildman–Crippen MR) is 129 cm³/mol. The molecular formula is C29H46O2. The van der Waals surface area contributed by atoms with Crippen molar-refractivity contribution in [2.24, 2.45) is 52.3 Å². The zero-order chi connectivity index (χ0) is 22.6. The Labute approximate surface area is 191 Å². The third-order valence-electron chi connectivity index (χ3n) is 10.9. The lowest BCUT2D eigenvalue weighted by Gasteiger charge is -2.61. The molecule has 2 heteroatoms. The zero-order valence-electron chi connectivity index (χ0n) is 20.9. The van der Waals surface area contributed by atoms with Gasteiger partial charge in [0, 0.05) is 11.8 Å². The van der Waals surface area contributed by atoms with Gasteiger partial charge < -0.3 is 5.11 Å². The number of allylic oxidation sites excluding steroid dienone is 3. The van der Waals surface area contributed by atoms with Crippen LogP contribution in [0.15, 0.2) is 24.3 Å². The standard InChI is InChI=1S/C29H46O2/c1-7-21(19(2)3)11-10-20(4)23-12-13-24-22-18-26(30)29(31)16-9-8-15-28(29,6)25(22)14-17-27(23,24)5/h9-11,16,19-25,31H,7-8,12-15,17-18H2,1-6H3/b11-10+/t20-,21-,22+,23-,24+,25+,27-,28-,29-/m1/s1. The second kappa shape index (κ2) is 8.15. The van der Waals surface area contributed by atoms with E-state index in [0.717, 1.165) is 12.8 Å². The molecule has 0 unspecified atom stereocenters. The van der Waals surface area contributed by atoms with Gasteiger partial charge in [-0.15, -0.1) is 0 Å². The molecule has 3 fully saturated rings. The summed E-state index contributed by atoms with van der Waals surface area (Å²) < 4.78 is 0. The van der Waals surface area contributed by atoms with Crippen LogP contribution in [0.25, 0.3) is 0 Å². The van der Waals surface area contributed by atoms with Crippen LogP contribution in [0, 0.1) is 52.3 Å². The predicted octanol–water partition coefficient (Wildman–Crippen LogP) is 6.98. The first-order valence-corrected chi connectivity index (χ1v) is 13.2. The summed E-state index contributed by atoms with van der Waals surface area (Å²) in [6.45, 7) is 14.2. The number of carbonyl (C=O) groups is 1. The van der Waals surface area contributed by atoms with Gasteiger partial charge in [0.2, 0.25) is 0 Å². The van der Waals surface area contributed by atoms with E-state index in [1.165, 1.54) is 32.1 Å². The van der Waals surface area contributed by atoms with Crippen molar-refractivity contribution in [3.8, 4) is 0 Å². The summed E-state index contributed by atoms with van der Waals surface area (Å²) in [6, 6.07) is 0. The molecule has 0 spiro atoms. The number of hydrogen-bond donors (Lipinski definition) is 1. The molecule has 0 aliphatic heterocycles. The van der Waals surface area contributed by atoms with E-state index in [1.807, 2.05) is 12.2 Å². The van der Waals surface area contributed by atoms with E-state index in [9.17, 15) is 9.90 Å². The monoisotopic (exact) mass is 426 g/mol. The molecule has 0 heterocycles. The van der Waals surface area contributed by atoms with Crippen molar-refractivity contribution in [2.45, 2.75) is 98.5 Å². The number of carbonyl (C=O) groups excluding carboxylic acids is 1. The number of ketones is 1. The second-order valence-electron chi connectivity index (χ2n) is 12.4. The molecule has 4 rings (SSSR count). The van der Waals surface area contributed by atoms with Gasteiger partial charge in [-0.3, -0.25) is 4.79 Å². The number of fused-ring (bicyclic) bond motifs is 5. The van der Waals surface area contributed by atoms with Crippen LogP contribution >= 0.6 is 0 Å². The van der Waals surface area contributed by atoms with Crippen molar-refractivity contribution >= 4 is 5.78 Å².